The van der Waals surface area contributed by atoms with Gasteiger partial charge in [0.25, 0.3) is 0 Å². The van der Waals surface area contributed by atoms with Crippen LogP contribution in [0.2, 0.25) is 0 Å². The summed E-state index contributed by atoms with van der Waals surface area (Å²) in [5.74, 6) is -0.589. The van der Waals surface area contributed by atoms with E-state index in [1.54, 1.807) is 48.5 Å². The van der Waals surface area contributed by atoms with Crippen molar-refractivity contribution in [1.29, 1.82) is 0 Å². The van der Waals surface area contributed by atoms with Crippen LogP contribution in [0, 0.1) is 0 Å². The SMILES string of the molecule is CCN(CC)CCOC(=O)c1ccc(N)cc1.CCN(CC)CCOC(=O)c1ccc(N)cc1. The molecule has 34 heavy (non-hydrogen) atoms. The van der Waals surface area contributed by atoms with Gasteiger partial charge < -0.3 is 30.7 Å². The largest absolute Gasteiger partial charge is 0.461 e. The van der Waals surface area contributed by atoms with E-state index in [0.29, 0.717) is 35.7 Å². The van der Waals surface area contributed by atoms with Crippen LogP contribution in [0.4, 0.5) is 11.4 Å². The summed E-state index contributed by atoms with van der Waals surface area (Å²) >= 11 is 0. The number of nitrogen functional groups attached to an aromatic ring is 2. The van der Waals surface area contributed by atoms with E-state index >= 15 is 0 Å². The third kappa shape index (κ3) is 11.2. The molecular formula is C26H40N4O4. The molecule has 0 aliphatic rings. The Morgan fingerprint density at radius 2 is 0.912 bits per heavy atom. The highest BCUT2D eigenvalue weighted by atomic mass is 16.5. The van der Waals surface area contributed by atoms with Crippen LogP contribution in [0.1, 0.15) is 48.4 Å². The number of benzene rings is 2. The Kier molecular flexibility index (Phi) is 14.0. The van der Waals surface area contributed by atoms with Crippen LogP contribution < -0.4 is 11.5 Å². The molecule has 0 aliphatic carbocycles. The average molecular weight is 473 g/mol. The minimum absolute atomic E-state index is 0.294. The molecule has 0 unspecified atom stereocenters. The van der Waals surface area contributed by atoms with E-state index in [2.05, 4.69) is 37.5 Å². The highest BCUT2D eigenvalue weighted by Gasteiger charge is 2.08. The van der Waals surface area contributed by atoms with Crippen molar-refractivity contribution >= 4 is 23.3 Å². The summed E-state index contributed by atoms with van der Waals surface area (Å²) in [4.78, 5) is 27.7. The molecule has 4 N–H and O–H groups in total. The van der Waals surface area contributed by atoms with Gasteiger partial charge >= 0.3 is 11.9 Å². The van der Waals surface area contributed by atoms with Gasteiger partial charge in [0.15, 0.2) is 0 Å². The van der Waals surface area contributed by atoms with E-state index in [4.69, 9.17) is 20.9 Å². The standard InChI is InChI=1S/2C13H20N2O2/c2*1-3-15(4-2)9-10-17-13(16)11-5-7-12(14)8-6-11/h2*5-8H,3-4,9-10,14H2,1-2H3. The lowest BCUT2D eigenvalue weighted by atomic mass is 10.2. The zero-order valence-corrected chi connectivity index (χ0v) is 21.0. The van der Waals surface area contributed by atoms with Gasteiger partial charge in [0.2, 0.25) is 0 Å². The predicted octanol–water partition coefficient (Wildman–Crippen LogP) is 3.53. The van der Waals surface area contributed by atoms with Crippen molar-refractivity contribution in [2.75, 3.05) is 63.9 Å². The van der Waals surface area contributed by atoms with Crippen molar-refractivity contribution < 1.29 is 19.1 Å². The lowest BCUT2D eigenvalue weighted by molar-refractivity contribution is 0.0457. The number of anilines is 2. The molecular weight excluding hydrogens is 432 g/mol. The van der Waals surface area contributed by atoms with Crippen LogP contribution in [-0.2, 0) is 9.47 Å². The fourth-order valence-electron chi connectivity index (χ4n) is 3.02. The lowest BCUT2D eigenvalue weighted by Gasteiger charge is -2.17. The molecule has 0 aromatic heterocycles. The molecule has 0 saturated heterocycles. The lowest BCUT2D eigenvalue weighted by Crippen LogP contribution is -2.27. The van der Waals surface area contributed by atoms with Crippen LogP contribution in [0.15, 0.2) is 48.5 Å². The first-order valence-electron chi connectivity index (χ1n) is 11.8. The van der Waals surface area contributed by atoms with Gasteiger partial charge in [0, 0.05) is 24.5 Å². The smallest absolute Gasteiger partial charge is 0.338 e. The zero-order valence-electron chi connectivity index (χ0n) is 21.0. The summed E-state index contributed by atoms with van der Waals surface area (Å²) in [6, 6.07) is 13.5. The number of hydrogen-bond acceptors (Lipinski definition) is 8. The van der Waals surface area contributed by atoms with Gasteiger partial charge in [0.05, 0.1) is 11.1 Å². The van der Waals surface area contributed by atoms with Crippen molar-refractivity contribution in [3.63, 3.8) is 0 Å². The number of nitrogens with two attached hydrogens (primary N) is 2. The molecule has 0 bridgehead atoms. The van der Waals surface area contributed by atoms with Crippen LogP contribution in [-0.4, -0.2) is 74.2 Å². The van der Waals surface area contributed by atoms with Crippen molar-refractivity contribution in [3.05, 3.63) is 59.7 Å². The first-order valence-corrected chi connectivity index (χ1v) is 11.8. The summed E-state index contributed by atoms with van der Waals surface area (Å²) in [5, 5.41) is 0. The molecule has 0 radical (unpaired) electrons. The van der Waals surface area contributed by atoms with Crippen molar-refractivity contribution in [3.8, 4) is 0 Å². The molecule has 8 heteroatoms. The molecule has 0 saturated carbocycles. The fourth-order valence-corrected chi connectivity index (χ4v) is 3.02. The van der Waals surface area contributed by atoms with Crippen molar-refractivity contribution in [1.82, 2.24) is 9.80 Å². The van der Waals surface area contributed by atoms with Crippen LogP contribution in [0.3, 0.4) is 0 Å². The quantitative estimate of drug-likeness (QED) is 0.356. The highest BCUT2D eigenvalue weighted by Crippen LogP contribution is 2.07. The van der Waals surface area contributed by atoms with Crippen LogP contribution >= 0.6 is 0 Å². The molecule has 0 spiro atoms. The van der Waals surface area contributed by atoms with Gasteiger partial charge in [-0.2, -0.15) is 0 Å². The van der Waals surface area contributed by atoms with Gasteiger partial charge in [0.1, 0.15) is 13.2 Å². The number of ether oxygens (including phenoxy) is 2. The fraction of sp³-hybridized carbons (Fsp3) is 0.462. The Hall–Kier alpha value is -3.10. The number of hydrogen-bond donors (Lipinski definition) is 2. The van der Waals surface area contributed by atoms with Gasteiger partial charge in [-0.05, 0) is 74.7 Å². The van der Waals surface area contributed by atoms with E-state index < -0.39 is 0 Å². The van der Waals surface area contributed by atoms with Gasteiger partial charge in [-0.3, -0.25) is 0 Å². The summed E-state index contributed by atoms with van der Waals surface area (Å²) in [6.07, 6.45) is 0. The second-order valence-electron chi connectivity index (χ2n) is 7.57. The first kappa shape index (κ1) is 28.9. The molecule has 0 atom stereocenters. The maximum absolute atomic E-state index is 11.6. The predicted molar refractivity (Wildman–Crippen MR) is 138 cm³/mol. The van der Waals surface area contributed by atoms with Crippen molar-refractivity contribution in [2.45, 2.75) is 27.7 Å². The van der Waals surface area contributed by atoms with E-state index in [-0.39, 0.29) is 11.9 Å². The second-order valence-corrected chi connectivity index (χ2v) is 7.57. The Morgan fingerprint density at radius 1 is 0.618 bits per heavy atom. The van der Waals surface area contributed by atoms with Gasteiger partial charge in [-0.1, -0.05) is 27.7 Å². The minimum Gasteiger partial charge on any atom is -0.461 e. The number of rotatable bonds is 12. The molecule has 188 valence electrons. The molecule has 0 heterocycles. The first-order chi connectivity index (χ1) is 16.3. The Bertz CT molecular complexity index is 761. The molecule has 0 amide bonds. The topological polar surface area (TPSA) is 111 Å². The van der Waals surface area contributed by atoms with E-state index in [1.807, 2.05) is 0 Å². The number of esters is 2. The van der Waals surface area contributed by atoms with Crippen LogP contribution in [0.5, 0.6) is 0 Å². The minimum atomic E-state index is -0.294. The Morgan fingerprint density at radius 3 is 1.18 bits per heavy atom. The monoisotopic (exact) mass is 472 g/mol. The summed E-state index contributed by atoms with van der Waals surface area (Å²) in [5.41, 5.74) is 13.5. The molecule has 2 aromatic rings. The summed E-state index contributed by atoms with van der Waals surface area (Å²) < 4.78 is 10.4. The maximum Gasteiger partial charge on any atom is 0.338 e. The van der Waals surface area contributed by atoms with Crippen molar-refractivity contribution in [2.24, 2.45) is 0 Å². The molecule has 2 rings (SSSR count). The molecule has 0 aliphatic heterocycles. The van der Waals surface area contributed by atoms with E-state index in [1.165, 1.54) is 0 Å². The number of carbonyl (C=O) groups is 2. The van der Waals surface area contributed by atoms with Gasteiger partial charge in [-0.25, -0.2) is 9.59 Å². The zero-order chi connectivity index (χ0) is 25.3. The molecule has 2 aromatic carbocycles. The Balaban J connectivity index is 0.000000340. The maximum atomic E-state index is 11.6. The molecule has 8 nitrogen and oxygen atoms in total. The number of likely N-dealkylation sites (N-methyl/N-ethyl adjacent to an activating group) is 2. The van der Waals surface area contributed by atoms with E-state index in [9.17, 15) is 9.59 Å². The second kappa shape index (κ2) is 16.5. The third-order valence-electron chi connectivity index (χ3n) is 5.36. The third-order valence-corrected chi connectivity index (χ3v) is 5.36. The highest BCUT2D eigenvalue weighted by molar-refractivity contribution is 5.90. The number of carbonyl (C=O) groups excluding carboxylic acids is 2. The summed E-state index contributed by atoms with van der Waals surface area (Å²) in [7, 11) is 0. The number of nitrogens with zero attached hydrogens (tertiary/aromatic N) is 2. The summed E-state index contributed by atoms with van der Waals surface area (Å²) in [6.45, 7) is 14.6. The van der Waals surface area contributed by atoms with Crippen LogP contribution in [0.25, 0.3) is 0 Å². The average Bonchev–Trinajstić information content (AvgIpc) is 2.85. The Labute approximate surface area is 203 Å². The normalized spacial score (nSPS) is 10.5. The molecule has 0 fully saturated rings. The van der Waals surface area contributed by atoms with E-state index in [0.717, 1.165) is 39.3 Å². The van der Waals surface area contributed by atoms with Gasteiger partial charge in [-0.15, -0.1) is 0 Å².